The number of nitrogens with zero attached hydrogens (tertiary/aromatic N) is 5. The summed E-state index contributed by atoms with van der Waals surface area (Å²) in [5.74, 6) is 1.15. The first-order chi connectivity index (χ1) is 20.8. The maximum atomic E-state index is 13.7. The summed E-state index contributed by atoms with van der Waals surface area (Å²) >= 11 is 7.04. The molecule has 2 aliphatic heterocycles. The van der Waals surface area contributed by atoms with Gasteiger partial charge in [0.2, 0.25) is 0 Å². The SMILES string of the molecule is CCCCC(CC)CN1C(=O)/C(=C\c2c(C)c(C#N)c(=O)n(CCCC)c2N2CCN(Cc3ccccc3)CC2)SC1=S. The first kappa shape index (κ1) is 33.0. The number of benzene rings is 1. The van der Waals surface area contributed by atoms with E-state index in [1.165, 1.54) is 17.3 Å². The summed E-state index contributed by atoms with van der Waals surface area (Å²) in [6.07, 6.45) is 8.01. The fourth-order valence-electron chi connectivity index (χ4n) is 5.93. The van der Waals surface area contributed by atoms with E-state index in [2.05, 4.69) is 60.9 Å². The lowest BCUT2D eigenvalue weighted by Gasteiger charge is -2.38. The van der Waals surface area contributed by atoms with Crippen LogP contribution in [0.15, 0.2) is 40.0 Å². The van der Waals surface area contributed by atoms with Gasteiger partial charge in [0.15, 0.2) is 0 Å². The Hall–Kier alpha value is -2.93. The number of piperazine rings is 1. The van der Waals surface area contributed by atoms with Gasteiger partial charge in [0.05, 0.1) is 4.91 Å². The summed E-state index contributed by atoms with van der Waals surface area (Å²) in [5, 5.41) is 10.0. The molecule has 1 aromatic heterocycles. The van der Waals surface area contributed by atoms with Gasteiger partial charge in [-0.05, 0) is 42.9 Å². The normalized spacial score (nSPS) is 17.6. The maximum absolute atomic E-state index is 13.7. The zero-order valence-corrected chi connectivity index (χ0v) is 27.7. The van der Waals surface area contributed by atoms with Crippen molar-refractivity contribution in [2.75, 3.05) is 37.6 Å². The lowest BCUT2D eigenvalue weighted by atomic mass is 9.99. The predicted molar refractivity (Wildman–Crippen MR) is 182 cm³/mol. The second-order valence-corrected chi connectivity index (χ2v) is 13.3. The van der Waals surface area contributed by atoms with Gasteiger partial charge in [-0.15, -0.1) is 0 Å². The third-order valence-electron chi connectivity index (χ3n) is 8.64. The van der Waals surface area contributed by atoms with Crippen molar-refractivity contribution >= 4 is 46.1 Å². The van der Waals surface area contributed by atoms with E-state index in [-0.39, 0.29) is 17.0 Å². The molecular formula is C34H45N5O2S2. The Labute approximate surface area is 266 Å². The van der Waals surface area contributed by atoms with Crippen molar-refractivity contribution in [1.82, 2.24) is 14.4 Å². The molecular weight excluding hydrogens is 575 g/mol. The summed E-state index contributed by atoms with van der Waals surface area (Å²) in [7, 11) is 0. The number of anilines is 1. The van der Waals surface area contributed by atoms with Crippen molar-refractivity contribution in [3.05, 3.63) is 67.8 Å². The van der Waals surface area contributed by atoms with Crippen LogP contribution >= 0.6 is 24.0 Å². The van der Waals surface area contributed by atoms with Gasteiger partial charge in [-0.3, -0.25) is 24.0 Å². The smallest absolute Gasteiger partial charge is 0.270 e. The standard InChI is InChI=1S/C34H45N5O2S2/c1-5-8-13-26(7-3)24-39-33(41)30(43-34(39)42)21-28-25(4)29(22-35)32(40)38(16-9-6-2)31(28)37-19-17-36(18-20-37)23-27-14-11-10-12-15-27/h10-12,14-15,21,26H,5-9,13,16-20,23-24H2,1-4H3/b30-21+. The number of amides is 1. The van der Waals surface area contributed by atoms with Crippen molar-refractivity contribution in [3.8, 4) is 6.07 Å². The molecule has 4 rings (SSSR count). The molecule has 3 heterocycles. The summed E-state index contributed by atoms with van der Waals surface area (Å²) in [6.45, 7) is 13.6. The highest BCUT2D eigenvalue weighted by atomic mass is 32.2. The van der Waals surface area contributed by atoms with Crippen LogP contribution < -0.4 is 10.5 Å². The summed E-state index contributed by atoms with van der Waals surface area (Å²) in [6, 6.07) is 12.7. The van der Waals surface area contributed by atoms with Crippen LogP contribution in [0.1, 0.15) is 81.5 Å². The van der Waals surface area contributed by atoms with E-state index in [1.807, 2.05) is 19.1 Å². The van der Waals surface area contributed by atoms with Crippen LogP contribution in [-0.2, 0) is 17.9 Å². The molecule has 0 saturated carbocycles. The largest absolute Gasteiger partial charge is 0.355 e. The van der Waals surface area contributed by atoms with E-state index in [0.717, 1.165) is 82.6 Å². The molecule has 1 atom stereocenters. The third-order valence-corrected chi connectivity index (χ3v) is 10.0. The molecule has 2 aliphatic rings. The monoisotopic (exact) mass is 619 g/mol. The van der Waals surface area contributed by atoms with Crippen LogP contribution in [0.3, 0.4) is 0 Å². The minimum absolute atomic E-state index is 0.0761. The highest BCUT2D eigenvalue weighted by molar-refractivity contribution is 8.26. The summed E-state index contributed by atoms with van der Waals surface area (Å²) in [4.78, 5) is 34.4. The van der Waals surface area contributed by atoms with Crippen LogP contribution in [0, 0.1) is 24.2 Å². The predicted octanol–water partition coefficient (Wildman–Crippen LogP) is 6.57. The van der Waals surface area contributed by atoms with Crippen molar-refractivity contribution in [2.24, 2.45) is 5.92 Å². The van der Waals surface area contributed by atoms with Gasteiger partial charge in [-0.1, -0.05) is 101 Å². The fraction of sp³-hybridized carbons (Fsp3) is 0.529. The van der Waals surface area contributed by atoms with Gasteiger partial charge in [-0.25, -0.2) is 0 Å². The Morgan fingerprint density at radius 1 is 1.05 bits per heavy atom. The molecule has 2 saturated heterocycles. The number of thiocarbonyl (C=S) groups is 1. The van der Waals surface area contributed by atoms with Gasteiger partial charge in [-0.2, -0.15) is 5.26 Å². The van der Waals surface area contributed by atoms with E-state index in [0.29, 0.717) is 33.8 Å². The molecule has 2 fully saturated rings. The van der Waals surface area contributed by atoms with Crippen LogP contribution in [0.5, 0.6) is 0 Å². The van der Waals surface area contributed by atoms with E-state index < -0.39 is 0 Å². The fourth-order valence-corrected chi connectivity index (χ4v) is 7.19. The maximum Gasteiger partial charge on any atom is 0.270 e. The lowest BCUT2D eigenvalue weighted by Crippen LogP contribution is -2.48. The van der Waals surface area contributed by atoms with Crippen LogP contribution in [-0.4, -0.2) is 57.3 Å². The Balaban J connectivity index is 1.70. The number of carbonyl (C=O) groups excluding carboxylic acids is 1. The summed E-state index contributed by atoms with van der Waals surface area (Å²) in [5.41, 5.74) is 2.59. The quantitative estimate of drug-likeness (QED) is 0.186. The second-order valence-electron chi connectivity index (χ2n) is 11.6. The van der Waals surface area contributed by atoms with Crippen molar-refractivity contribution < 1.29 is 4.79 Å². The molecule has 0 N–H and O–H groups in total. The second kappa shape index (κ2) is 15.7. The molecule has 7 nitrogen and oxygen atoms in total. The number of unbranched alkanes of at least 4 members (excludes halogenated alkanes) is 2. The van der Waals surface area contributed by atoms with Gasteiger partial charge in [0, 0.05) is 51.4 Å². The number of thioether (sulfide) groups is 1. The van der Waals surface area contributed by atoms with E-state index in [4.69, 9.17) is 12.2 Å². The minimum atomic E-state index is -0.249. The minimum Gasteiger partial charge on any atom is -0.355 e. The average molecular weight is 620 g/mol. The molecule has 2 aromatic rings. The average Bonchev–Trinajstić information content (AvgIpc) is 3.28. The molecule has 1 aromatic carbocycles. The Morgan fingerprint density at radius 2 is 1.74 bits per heavy atom. The van der Waals surface area contributed by atoms with Crippen LogP contribution in [0.2, 0.25) is 0 Å². The number of carbonyl (C=O) groups is 1. The van der Waals surface area contributed by atoms with Gasteiger partial charge in [0.1, 0.15) is 21.8 Å². The number of aromatic nitrogens is 1. The van der Waals surface area contributed by atoms with E-state index >= 15 is 0 Å². The lowest BCUT2D eigenvalue weighted by molar-refractivity contribution is -0.122. The Bertz CT molecular complexity index is 1420. The molecule has 9 heteroatoms. The van der Waals surface area contributed by atoms with E-state index in [9.17, 15) is 14.9 Å². The summed E-state index contributed by atoms with van der Waals surface area (Å²) < 4.78 is 2.37. The number of nitriles is 1. The number of hydrogen-bond donors (Lipinski definition) is 0. The van der Waals surface area contributed by atoms with Crippen molar-refractivity contribution in [3.63, 3.8) is 0 Å². The molecule has 0 spiro atoms. The first-order valence-electron chi connectivity index (χ1n) is 15.8. The third kappa shape index (κ3) is 7.78. The van der Waals surface area contributed by atoms with Crippen LogP contribution in [0.4, 0.5) is 5.82 Å². The zero-order chi connectivity index (χ0) is 30.9. The van der Waals surface area contributed by atoms with Crippen molar-refractivity contribution in [1.29, 1.82) is 5.26 Å². The van der Waals surface area contributed by atoms with E-state index in [1.54, 1.807) is 9.47 Å². The van der Waals surface area contributed by atoms with Gasteiger partial charge >= 0.3 is 0 Å². The number of rotatable bonds is 13. The number of hydrogen-bond acceptors (Lipinski definition) is 7. The molecule has 230 valence electrons. The highest BCUT2D eigenvalue weighted by Gasteiger charge is 2.34. The van der Waals surface area contributed by atoms with Crippen molar-refractivity contribution in [2.45, 2.75) is 79.3 Å². The first-order valence-corrected chi connectivity index (χ1v) is 17.0. The topological polar surface area (TPSA) is 72.6 Å². The highest BCUT2D eigenvalue weighted by Crippen LogP contribution is 2.37. The Kier molecular flexibility index (Phi) is 12.0. The molecule has 0 aliphatic carbocycles. The van der Waals surface area contributed by atoms with Crippen LogP contribution in [0.25, 0.3) is 6.08 Å². The Morgan fingerprint density at radius 3 is 2.37 bits per heavy atom. The zero-order valence-electron chi connectivity index (χ0n) is 26.1. The molecule has 43 heavy (non-hydrogen) atoms. The molecule has 0 bridgehead atoms. The molecule has 0 radical (unpaired) electrons. The van der Waals surface area contributed by atoms with Gasteiger partial charge in [0.25, 0.3) is 11.5 Å². The number of pyridine rings is 1. The molecule has 1 amide bonds. The molecule has 1 unspecified atom stereocenters. The van der Waals surface area contributed by atoms with Gasteiger partial charge < -0.3 is 4.90 Å².